The van der Waals surface area contributed by atoms with Crippen LogP contribution in [0.3, 0.4) is 0 Å². The molecule has 0 saturated carbocycles. The molecular formula is C31H33ClF4N4O3S. The van der Waals surface area contributed by atoms with Gasteiger partial charge in [-0.1, -0.05) is 24.2 Å². The molecule has 0 spiro atoms. The van der Waals surface area contributed by atoms with Crippen molar-refractivity contribution < 1.29 is 27.1 Å². The number of methoxy groups -OCH3 is 1. The fourth-order valence-corrected chi connectivity index (χ4v) is 7.93. The van der Waals surface area contributed by atoms with Crippen molar-refractivity contribution in [3.05, 3.63) is 63.8 Å². The number of thioether (sulfide) groups is 1. The van der Waals surface area contributed by atoms with Crippen molar-refractivity contribution in [2.45, 2.75) is 56.4 Å². The summed E-state index contributed by atoms with van der Waals surface area (Å²) in [7, 11) is 1.60. The normalized spacial score (nSPS) is 20.6. The number of anilines is 1. The number of hydrogen-bond donors (Lipinski definition) is 0. The monoisotopic (exact) mass is 652 g/mol. The van der Waals surface area contributed by atoms with Gasteiger partial charge in [-0.25, -0.2) is 9.18 Å². The van der Waals surface area contributed by atoms with Gasteiger partial charge < -0.3 is 14.5 Å². The zero-order valence-electron chi connectivity index (χ0n) is 24.6. The summed E-state index contributed by atoms with van der Waals surface area (Å²) < 4.78 is 65.6. The zero-order valence-corrected chi connectivity index (χ0v) is 26.2. The molecule has 0 bridgehead atoms. The minimum Gasteiger partial charge on any atom is -0.385 e. The third kappa shape index (κ3) is 6.08. The molecule has 1 fully saturated rings. The summed E-state index contributed by atoms with van der Waals surface area (Å²) in [6, 6.07) is 3.92. The van der Waals surface area contributed by atoms with Crippen LogP contribution in [0.4, 0.5) is 23.4 Å². The highest BCUT2D eigenvalue weighted by atomic mass is 35.5. The highest BCUT2D eigenvalue weighted by Gasteiger charge is 2.40. The predicted octanol–water partition coefficient (Wildman–Crippen LogP) is 6.63. The first-order chi connectivity index (χ1) is 20.8. The van der Waals surface area contributed by atoms with Crippen LogP contribution in [-0.2, 0) is 22.3 Å². The summed E-state index contributed by atoms with van der Waals surface area (Å²) in [5.41, 5.74) is -1.19. The van der Waals surface area contributed by atoms with E-state index in [9.17, 15) is 27.2 Å². The van der Waals surface area contributed by atoms with Crippen molar-refractivity contribution in [3.8, 4) is 11.1 Å². The van der Waals surface area contributed by atoms with Crippen molar-refractivity contribution in [1.82, 2.24) is 14.5 Å². The van der Waals surface area contributed by atoms with E-state index in [0.29, 0.717) is 24.3 Å². The van der Waals surface area contributed by atoms with Crippen LogP contribution in [0.25, 0.3) is 22.0 Å². The van der Waals surface area contributed by atoms with Crippen molar-refractivity contribution >= 4 is 46.0 Å². The van der Waals surface area contributed by atoms with Crippen molar-refractivity contribution in [2.75, 3.05) is 37.5 Å². The van der Waals surface area contributed by atoms with Crippen molar-refractivity contribution in [1.29, 1.82) is 0 Å². The molecule has 2 aromatic carbocycles. The summed E-state index contributed by atoms with van der Waals surface area (Å²) in [5.74, 6) is -0.441. The number of ether oxygens (including phenoxy) is 1. The number of benzene rings is 2. The van der Waals surface area contributed by atoms with Gasteiger partial charge in [-0.05, 0) is 62.4 Å². The summed E-state index contributed by atoms with van der Waals surface area (Å²) >= 11 is 7.31. The Labute approximate surface area is 261 Å². The molecule has 3 atom stereocenters. The van der Waals surface area contributed by atoms with E-state index in [1.807, 2.05) is 13.8 Å². The lowest BCUT2D eigenvalue weighted by molar-refractivity contribution is -0.137. The Bertz CT molecular complexity index is 1650. The highest BCUT2D eigenvalue weighted by Crippen LogP contribution is 2.49. The minimum absolute atomic E-state index is 0.0383. The van der Waals surface area contributed by atoms with Gasteiger partial charge in [0.1, 0.15) is 11.6 Å². The van der Waals surface area contributed by atoms with Gasteiger partial charge in [0.15, 0.2) is 0 Å². The maximum Gasteiger partial charge on any atom is 0.417 e. The molecule has 0 aliphatic carbocycles. The van der Waals surface area contributed by atoms with Crippen molar-refractivity contribution in [2.24, 2.45) is 5.92 Å². The Morgan fingerprint density at radius 2 is 1.91 bits per heavy atom. The second-order valence-corrected chi connectivity index (χ2v) is 12.8. The Kier molecular flexibility index (Phi) is 9.34. The Balaban J connectivity index is 1.78. The molecule has 5 rings (SSSR count). The van der Waals surface area contributed by atoms with E-state index < -0.39 is 23.2 Å². The van der Waals surface area contributed by atoms with Crippen LogP contribution in [0, 0.1) is 11.7 Å². The lowest BCUT2D eigenvalue weighted by atomic mass is 9.96. The summed E-state index contributed by atoms with van der Waals surface area (Å²) in [5, 5.41) is -0.112. The molecule has 2 aliphatic rings. The lowest BCUT2D eigenvalue weighted by Gasteiger charge is -2.44. The quantitative estimate of drug-likeness (QED) is 0.162. The molecule has 7 nitrogen and oxygen atoms in total. The molecule has 0 unspecified atom stereocenters. The molecule has 44 heavy (non-hydrogen) atoms. The van der Waals surface area contributed by atoms with E-state index in [1.54, 1.807) is 16.9 Å². The number of carbonyl (C=O) groups is 1. The van der Waals surface area contributed by atoms with Gasteiger partial charge in [0.05, 0.1) is 16.1 Å². The number of alkyl halides is 3. The van der Waals surface area contributed by atoms with Gasteiger partial charge in [0.25, 0.3) is 0 Å². The molecule has 0 radical (unpaired) electrons. The van der Waals surface area contributed by atoms with E-state index in [-0.39, 0.29) is 75.8 Å². The van der Waals surface area contributed by atoms with Crippen LogP contribution in [-0.4, -0.2) is 65.0 Å². The van der Waals surface area contributed by atoms with E-state index in [2.05, 4.69) is 11.6 Å². The first-order valence-corrected chi connectivity index (χ1v) is 15.7. The number of amides is 1. The number of piperazine rings is 1. The van der Waals surface area contributed by atoms with Crippen LogP contribution in [0.15, 0.2) is 46.6 Å². The van der Waals surface area contributed by atoms with Gasteiger partial charge in [0.2, 0.25) is 5.91 Å². The highest BCUT2D eigenvalue weighted by molar-refractivity contribution is 7.99. The van der Waals surface area contributed by atoms with Crippen LogP contribution >= 0.6 is 23.4 Å². The molecule has 236 valence electrons. The van der Waals surface area contributed by atoms with E-state index in [4.69, 9.17) is 16.3 Å². The summed E-state index contributed by atoms with van der Waals surface area (Å²) in [4.78, 5) is 34.4. The number of rotatable bonds is 7. The third-order valence-corrected chi connectivity index (χ3v) is 9.84. The van der Waals surface area contributed by atoms with Gasteiger partial charge >= 0.3 is 11.9 Å². The smallest absolute Gasteiger partial charge is 0.385 e. The molecule has 13 heteroatoms. The number of hydrogen-bond acceptors (Lipinski definition) is 6. The average molecular weight is 653 g/mol. The Morgan fingerprint density at radius 1 is 1.20 bits per heavy atom. The summed E-state index contributed by atoms with van der Waals surface area (Å²) in [6.07, 6.45) is -2.14. The van der Waals surface area contributed by atoms with E-state index in [1.165, 1.54) is 34.5 Å². The van der Waals surface area contributed by atoms with Gasteiger partial charge in [-0.2, -0.15) is 18.2 Å². The molecule has 1 aromatic heterocycles. The average Bonchev–Trinajstić information content (AvgIpc) is 3.16. The second-order valence-electron chi connectivity index (χ2n) is 11.3. The molecule has 2 aliphatic heterocycles. The number of nitrogens with zero attached hydrogens (tertiary/aromatic N) is 4. The topological polar surface area (TPSA) is 67.7 Å². The largest absolute Gasteiger partial charge is 0.417 e. The van der Waals surface area contributed by atoms with Gasteiger partial charge in [0, 0.05) is 67.0 Å². The predicted molar refractivity (Wildman–Crippen MR) is 165 cm³/mol. The molecule has 1 amide bonds. The first kappa shape index (κ1) is 32.3. The molecular weight excluding hydrogens is 620 g/mol. The number of halogens is 5. The molecule has 3 aromatic rings. The Morgan fingerprint density at radius 3 is 2.52 bits per heavy atom. The molecule has 0 N–H and O–H groups in total. The standard InChI is InChI=1S/C31H33ClF4N4O3S/c1-5-25(41)40-17(2)13-38(14-18(40)3)29-21-12-22(31(34,35)36)26(20-8-9-24(33)23(32)11-20)28-27(21)39(30(42)37-29)15-19(16-44-28)7-6-10-43-4/h5,8-9,11-12,17-19H,1,6-7,10,13-16H2,2-4H3/t17-,18+,19-/m0/s1. The maximum absolute atomic E-state index is 14.9. The lowest BCUT2D eigenvalue weighted by Crippen LogP contribution is -2.58. The van der Waals surface area contributed by atoms with E-state index in [0.717, 1.165) is 18.6 Å². The first-order valence-electron chi connectivity index (χ1n) is 14.3. The fraction of sp³-hybridized carbons (Fsp3) is 0.452. The third-order valence-electron chi connectivity index (χ3n) is 8.22. The maximum atomic E-state index is 14.9. The van der Waals surface area contributed by atoms with Gasteiger partial charge in [-0.15, -0.1) is 11.8 Å². The minimum atomic E-state index is -4.79. The molecule has 3 heterocycles. The molecule has 1 saturated heterocycles. The van der Waals surface area contributed by atoms with Gasteiger partial charge in [-0.3, -0.25) is 9.36 Å². The zero-order chi connectivity index (χ0) is 31.9. The number of aromatic nitrogens is 2. The van der Waals surface area contributed by atoms with Crippen LogP contribution in [0.2, 0.25) is 5.02 Å². The number of carbonyl (C=O) groups excluding carboxylic acids is 1. The van der Waals surface area contributed by atoms with Crippen LogP contribution in [0.5, 0.6) is 0 Å². The SMILES string of the molecule is C=CC(=O)N1[C@H](C)CN(c2nc(=O)n3c4c(c(-c5ccc(F)c(Cl)c5)c(C(F)(F)F)cc24)SC[C@@H](CCCOC)C3)C[C@@H]1C. The van der Waals surface area contributed by atoms with Crippen LogP contribution < -0.4 is 10.6 Å². The van der Waals surface area contributed by atoms with Crippen molar-refractivity contribution in [3.63, 3.8) is 0 Å². The van der Waals surface area contributed by atoms with E-state index >= 15 is 0 Å². The second kappa shape index (κ2) is 12.7. The van der Waals surface area contributed by atoms with Crippen LogP contribution in [0.1, 0.15) is 32.3 Å². The summed E-state index contributed by atoms with van der Waals surface area (Å²) in [6.45, 7) is 8.56. The fourth-order valence-electron chi connectivity index (χ4n) is 6.34. The Hall–Kier alpha value is -3.09.